The van der Waals surface area contributed by atoms with Crippen molar-refractivity contribution in [3.63, 3.8) is 0 Å². The van der Waals surface area contributed by atoms with E-state index in [2.05, 4.69) is 122 Å². The predicted molar refractivity (Wildman–Crippen MR) is 163 cm³/mol. The zero-order valence-electron chi connectivity index (χ0n) is 23.0. The van der Waals surface area contributed by atoms with Gasteiger partial charge in [-0.1, -0.05) is 78.9 Å². The van der Waals surface area contributed by atoms with Crippen LogP contribution >= 0.6 is 0 Å². The van der Waals surface area contributed by atoms with Crippen LogP contribution in [0.4, 0.5) is 11.4 Å². The molecule has 0 N–H and O–H groups in total. The Morgan fingerprint density at radius 2 is 0.842 bits per heavy atom. The minimum Gasteiger partial charge on any atom is -0.372 e. The summed E-state index contributed by atoms with van der Waals surface area (Å²) in [6.45, 7) is 12.7. The van der Waals surface area contributed by atoms with Crippen LogP contribution in [0.5, 0.6) is 0 Å². The summed E-state index contributed by atoms with van der Waals surface area (Å²) in [5.41, 5.74) is 10.00. The van der Waals surface area contributed by atoms with Gasteiger partial charge in [-0.2, -0.15) is 0 Å². The average molecular weight is 503 g/mol. The molecule has 3 heteroatoms. The first kappa shape index (κ1) is 26.9. The van der Waals surface area contributed by atoms with E-state index in [-0.39, 0.29) is 0 Å². The molecule has 4 aromatic carbocycles. The number of benzene rings is 4. The Labute approximate surface area is 228 Å². The molecular formula is C35H38N2O. The smallest absolute Gasteiger partial charge is 0.150 e. The van der Waals surface area contributed by atoms with E-state index in [4.69, 9.17) is 0 Å². The second kappa shape index (κ2) is 12.9. The number of carbonyl (C=O) groups excluding carboxylic acids is 1. The van der Waals surface area contributed by atoms with Crippen molar-refractivity contribution in [1.29, 1.82) is 0 Å². The monoisotopic (exact) mass is 502 g/mol. The van der Waals surface area contributed by atoms with Crippen molar-refractivity contribution in [2.75, 3.05) is 36.0 Å². The lowest BCUT2D eigenvalue weighted by atomic mass is 9.85. The van der Waals surface area contributed by atoms with Crippen molar-refractivity contribution in [2.24, 2.45) is 0 Å². The molecule has 0 radical (unpaired) electrons. The molecule has 194 valence electrons. The maximum Gasteiger partial charge on any atom is 0.150 e. The first-order valence-electron chi connectivity index (χ1n) is 13.7. The van der Waals surface area contributed by atoms with Gasteiger partial charge >= 0.3 is 0 Å². The third kappa shape index (κ3) is 5.89. The van der Waals surface area contributed by atoms with Crippen molar-refractivity contribution in [3.8, 4) is 0 Å². The van der Waals surface area contributed by atoms with Gasteiger partial charge in [0, 0.05) is 43.1 Å². The molecule has 0 unspecified atom stereocenters. The summed E-state index contributed by atoms with van der Waals surface area (Å²) in [6.07, 6.45) is 0.897. The van der Waals surface area contributed by atoms with E-state index < -0.39 is 0 Å². The number of hydrogen-bond donors (Lipinski definition) is 0. The number of anilines is 2. The second-order valence-corrected chi connectivity index (χ2v) is 9.29. The Morgan fingerprint density at radius 1 is 0.500 bits per heavy atom. The minimum atomic E-state index is 0.676. The summed E-state index contributed by atoms with van der Waals surface area (Å²) >= 11 is 0. The first-order chi connectivity index (χ1) is 18.6. The number of hydrogen-bond acceptors (Lipinski definition) is 3. The van der Waals surface area contributed by atoms with Gasteiger partial charge in [0.2, 0.25) is 0 Å². The lowest BCUT2D eigenvalue weighted by Gasteiger charge is -2.23. The van der Waals surface area contributed by atoms with Crippen LogP contribution in [0.15, 0.2) is 103 Å². The van der Waals surface area contributed by atoms with Gasteiger partial charge in [-0.25, -0.2) is 0 Å². The summed E-state index contributed by atoms with van der Waals surface area (Å²) < 4.78 is 0. The summed E-state index contributed by atoms with van der Waals surface area (Å²) in [6, 6.07) is 36.3. The van der Waals surface area contributed by atoms with E-state index >= 15 is 0 Å². The van der Waals surface area contributed by atoms with Gasteiger partial charge in [-0.15, -0.1) is 0 Å². The van der Waals surface area contributed by atoms with E-state index in [1.165, 1.54) is 16.9 Å². The molecule has 38 heavy (non-hydrogen) atoms. The molecule has 0 saturated heterocycles. The molecule has 4 rings (SSSR count). The fourth-order valence-electron chi connectivity index (χ4n) is 5.10. The molecule has 3 nitrogen and oxygen atoms in total. The third-order valence-electron chi connectivity index (χ3n) is 7.22. The van der Waals surface area contributed by atoms with Crippen LogP contribution in [-0.2, 0) is 0 Å². The second-order valence-electron chi connectivity index (χ2n) is 9.29. The van der Waals surface area contributed by atoms with Crippen LogP contribution in [0.3, 0.4) is 0 Å². The maximum absolute atomic E-state index is 11.4. The number of nitrogens with zero attached hydrogens (tertiary/aromatic N) is 2. The quantitative estimate of drug-likeness (QED) is 0.153. The maximum atomic E-state index is 11.4. The number of aldehydes is 1. The molecule has 0 aromatic heterocycles. The van der Waals surface area contributed by atoms with Crippen LogP contribution in [0, 0.1) is 0 Å². The van der Waals surface area contributed by atoms with Gasteiger partial charge in [0.05, 0.1) is 0 Å². The van der Waals surface area contributed by atoms with Crippen molar-refractivity contribution >= 4 is 28.8 Å². The summed E-state index contributed by atoms with van der Waals surface area (Å²) in [7, 11) is 0. The van der Waals surface area contributed by atoms with Gasteiger partial charge in [-0.05, 0) is 85.4 Å². The van der Waals surface area contributed by atoms with E-state index in [0.29, 0.717) is 5.56 Å². The molecular weight excluding hydrogens is 464 g/mol. The van der Waals surface area contributed by atoms with E-state index in [9.17, 15) is 4.79 Å². The number of rotatable bonds is 11. The minimum absolute atomic E-state index is 0.676. The van der Waals surface area contributed by atoms with Crippen molar-refractivity contribution in [3.05, 3.63) is 131 Å². The Balaban J connectivity index is 1.98. The van der Waals surface area contributed by atoms with Crippen LogP contribution in [0.1, 0.15) is 60.3 Å². The molecule has 0 aliphatic heterocycles. The fourth-order valence-corrected chi connectivity index (χ4v) is 5.10. The molecule has 0 spiro atoms. The Morgan fingerprint density at radius 3 is 1.18 bits per heavy atom. The Bertz CT molecular complexity index is 1270. The highest BCUT2D eigenvalue weighted by Gasteiger charge is 2.17. The van der Waals surface area contributed by atoms with Gasteiger partial charge < -0.3 is 9.80 Å². The molecule has 0 aliphatic rings. The topological polar surface area (TPSA) is 23.6 Å². The zero-order valence-corrected chi connectivity index (χ0v) is 23.0. The standard InChI is InChI=1S/C35H38N2O/c1-5-36(6-2)32-22-18-30(19-23-32)35(31-20-24-33(25-21-31)37(7-3)8-4)34(28-12-10-9-11-13-28)29-16-14-27(26-38)15-17-29/h9-26H,5-8H2,1-4H3. The third-order valence-corrected chi connectivity index (χ3v) is 7.22. The lowest BCUT2D eigenvalue weighted by molar-refractivity contribution is 0.112. The zero-order chi connectivity index (χ0) is 26.9. The molecule has 0 saturated carbocycles. The normalized spacial score (nSPS) is 10.6. The number of carbonyl (C=O) groups is 1. The van der Waals surface area contributed by atoms with E-state index in [1.54, 1.807) is 0 Å². The molecule has 0 fully saturated rings. The van der Waals surface area contributed by atoms with Gasteiger partial charge in [0.25, 0.3) is 0 Å². The molecule has 0 heterocycles. The fraction of sp³-hybridized carbons (Fsp3) is 0.229. The largest absolute Gasteiger partial charge is 0.372 e. The SMILES string of the molecule is CCN(CC)c1ccc(C(=C(c2ccccc2)c2ccc(C=O)cc2)c2ccc(N(CC)CC)cc2)cc1. The molecule has 0 bridgehead atoms. The van der Waals surface area contributed by atoms with Gasteiger partial charge in [-0.3, -0.25) is 4.79 Å². The van der Waals surface area contributed by atoms with Crippen LogP contribution in [0.2, 0.25) is 0 Å². The van der Waals surface area contributed by atoms with Crippen molar-refractivity contribution in [2.45, 2.75) is 27.7 Å². The van der Waals surface area contributed by atoms with Crippen molar-refractivity contribution in [1.82, 2.24) is 0 Å². The lowest BCUT2D eigenvalue weighted by Crippen LogP contribution is -2.21. The summed E-state index contributed by atoms with van der Waals surface area (Å²) in [4.78, 5) is 16.1. The first-order valence-corrected chi connectivity index (χ1v) is 13.7. The molecule has 0 amide bonds. The molecule has 0 aliphatic carbocycles. The van der Waals surface area contributed by atoms with Crippen molar-refractivity contribution < 1.29 is 4.79 Å². The van der Waals surface area contributed by atoms with Gasteiger partial charge in [0.1, 0.15) is 6.29 Å². The van der Waals surface area contributed by atoms with E-state index in [1.807, 2.05) is 18.2 Å². The average Bonchev–Trinajstić information content (AvgIpc) is 2.99. The highest BCUT2D eigenvalue weighted by molar-refractivity contribution is 6.05. The van der Waals surface area contributed by atoms with Crippen LogP contribution in [-0.4, -0.2) is 32.5 Å². The van der Waals surface area contributed by atoms with Crippen LogP contribution in [0.25, 0.3) is 11.1 Å². The summed E-state index contributed by atoms with van der Waals surface area (Å²) in [5, 5.41) is 0. The Hall–Kier alpha value is -4.11. The van der Waals surface area contributed by atoms with Crippen LogP contribution < -0.4 is 9.80 Å². The van der Waals surface area contributed by atoms with E-state index in [0.717, 1.165) is 60.3 Å². The molecule has 0 atom stereocenters. The van der Waals surface area contributed by atoms with Gasteiger partial charge in [0.15, 0.2) is 0 Å². The Kier molecular flexibility index (Phi) is 9.16. The summed E-state index contributed by atoms with van der Waals surface area (Å²) in [5.74, 6) is 0. The highest BCUT2D eigenvalue weighted by atomic mass is 16.1. The highest BCUT2D eigenvalue weighted by Crippen LogP contribution is 2.38. The molecule has 4 aromatic rings. The predicted octanol–water partition coefficient (Wildman–Crippen LogP) is 8.20.